The number of aryl methyl sites for hydroxylation is 3. The topological polar surface area (TPSA) is 58.2 Å². The third-order valence-electron chi connectivity index (χ3n) is 4.65. The van der Waals surface area contributed by atoms with Gasteiger partial charge in [0.15, 0.2) is 0 Å². The Morgan fingerprint density at radius 1 is 1.00 bits per heavy atom. The molecule has 0 bridgehead atoms. The molecular weight excluding hydrogens is 324 g/mol. The molecule has 0 saturated carbocycles. The van der Waals surface area contributed by atoms with Crippen molar-refractivity contribution >= 4 is 17.5 Å². The van der Waals surface area contributed by atoms with Crippen LogP contribution in [0.15, 0.2) is 42.5 Å². The lowest BCUT2D eigenvalue weighted by Crippen LogP contribution is -2.45. The summed E-state index contributed by atoms with van der Waals surface area (Å²) in [5, 5.41) is 5.84. The Labute approximate surface area is 156 Å². The van der Waals surface area contributed by atoms with E-state index in [0.29, 0.717) is 6.54 Å². The van der Waals surface area contributed by atoms with Crippen LogP contribution in [0.25, 0.3) is 0 Å². The third kappa shape index (κ3) is 4.51. The van der Waals surface area contributed by atoms with Crippen LogP contribution in [0.1, 0.15) is 43.0 Å². The number of nitrogens with one attached hydrogen (secondary N) is 2. The zero-order chi connectivity index (χ0) is 19.3. The average Bonchev–Trinajstić information content (AvgIpc) is 2.61. The monoisotopic (exact) mass is 352 g/mol. The summed E-state index contributed by atoms with van der Waals surface area (Å²) in [7, 11) is 0. The van der Waals surface area contributed by atoms with Gasteiger partial charge in [-0.25, -0.2) is 0 Å². The standard InChI is InChI=1S/C22H28N2O2/c1-6-18-12-8-10-16(3)19(18)24-21(26)22(4,5)20(25)23-14-17-11-7-9-15(2)13-17/h7-13H,6,14H2,1-5H3,(H,23,25)(H,24,26). The Morgan fingerprint density at radius 3 is 2.35 bits per heavy atom. The Hall–Kier alpha value is -2.62. The fourth-order valence-electron chi connectivity index (χ4n) is 2.80. The minimum absolute atomic E-state index is 0.289. The van der Waals surface area contributed by atoms with E-state index in [9.17, 15) is 9.59 Å². The first-order valence-corrected chi connectivity index (χ1v) is 8.99. The lowest BCUT2D eigenvalue weighted by molar-refractivity contribution is -0.138. The quantitative estimate of drug-likeness (QED) is 0.768. The molecule has 0 unspecified atom stereocenters. The Kier molecular flexibility index (Phi) is 6.19. The van der Waals surface area contributed by atoms with Crippen LogP contribution >= 0.6 is 0 Å². The molecule has 0 atom stereocenters. The smallest absolute Gasteiger partial charge is 0.239 e. The SMILES string of the molecule is CCc1cccc(C)c1NC(=O)C(C)(C)C(=O)NCc1cccc(C)c1. The molecule has 4 nitrogen and oxygen atoms in total. The van der Waals surface area contributed by atoms with E-state index in [1.54, 1.807) is 13.8 Å². The molecule has 0 aromatic heterocycles. The second-order valence-electron chi connectivity index (χ2n) is 7.21. The Balaban J connectivity index is 2.08. The molecule has 0 heterocycles. The van der Waals surface area contributed by atoms with Gasteiger partial charge in [-0.2, -0.15) is 0 Å². The number of rotatable bonds is 6. The molecule has 2 rings (SSSR count). The highest BCUT2D eigenvalue weighted by Gasteiger charge is 2.36. The number of amides is 2. The first kappa shape index (κ1) is 19.7. The number of benzene rings is 2. The normalized spacial score (nSPS) is 11.1. The minimum Gasteiger partial charge on any atom is -0.351 e. The van der Waals surface area contributed by atoms with Gasteiger partial charge in [0.05, 0.1) is 0 Å². The second kappa shape index (κ2) is 8.17. The summed E-state index contributed by atoms with van der Waals surface area (Å²) >= 11 is 0. The summed E-state index contributed by atoms with van der Waals surface area (Å²) in [5.74, 6) is -0.591. The van der Waals surface area contributed by atoms with Crippen molar-refractivity contribution in [3.63, 3.8) is 0 Å². The van der Waals surface area contributed by atoms with Crippen molar-refractivity contribution in [1.29, 1.82) is 0 Å². The number of anilines is 1. The van der Waals surface area contributed by atoms with Crippen molar-refractivity contribution in [2.75, 3.05) is 5.32 Å². The van der Waals surface area contributed by atoms with Crippen molar-refractivity contribution in [1.82, 2.24) is 5.32 Å². The number of hydrogen-bond acceptors (Lipinski definition) is 2. The van der Waals surface area contributed by atoms with E-state index in [-0.39, 0.29) is 11.8 Å². The summed E-state index contributed by atoms with van der Waals surface area (Å²) in [4.78, 5) is 25.4. The van der Waals surface area contributed by atoms with Crippen LogP contribution in [0, 0.1) is 19.3 Å². The van der Waals surface area contributed by atoms with Crippen molar-refractivity contribution in [2.24, 2.45) is 5.41 Å². The summed E-state index contributed by atoms with van der Waals surface area (Å²) < 4.78 is 0. The molecule has 2 N–H and O–H groups in total. The van der Waals surface area contributed by atoms with Gasteiger partial charge in [-0.05, 0) is 50.8 Å². The van der Waals surface area contributed by atoms with E-state index in [1.165, 1.54) is 0 Å². The lowest BCUT2D eigenvalue weighted by Gasteiger charge is -2.24. The van der Waals surface area contributed by atoms with E-state index in [0.717, 1.165) is 34.4 Å². The fourth-order valence-corrected chi connectivity index (χ4v) is 2.80. The number of hydrogen-bond donors (Lipinski definition) is 2. The average molecular weight is 352 g/mol. The molecule has 0 radical (unpaired) electrons. The van der Waals surface area contributed by atoms with Gasteiger partial charge in [0, 0.05) is 12.2 Å². The van der Waals surface area contributed by atoms with Crippen LogP contribution in [-0.4, -0.2) is 11.8 Å². The molecule has 0 aliphatic rings. The van der Waals surface area contributed by atoms with E-state index >= 15 is 0 Å². The van der Waals surface area contributed by atoms with Crippen LogP contribution in [0.4, 0.5) is 5.69 Å². The van der Waals surface area contributed by atoms with Crippen LogP contribution in [0.2, 0.25) is 0 Å². The van der Waals surface area contributed by atoms with Crippen LogP contribution in [-0.2, 0) is 22.6 Å². The Bertz CT molecular complexity index is 810. The zero-order valence-corrected chi connectivity index (χ0v) is 16.3. The number of carbonyl (C=O) groups excluding carboxylic acids is 2. The summed E-state index contributed by atoms with van der Waals surface area (Å²) in [6.07, 6.45) is 0.817. The predicted molar refractivity (Wildman–Crippen MR) is 106 cm³/mol. The zero-order valence-electron chi connectivity index (χ0n) is 16.3. The van der Waals surface area contributed by atoms with Crippen LogP contribution in [0.5, 0.6) is 0 Å². The van der Waals surface area contributed by atoms with Gasteiger partial charge < -0.3 is 10.6 Å². The maximum atomic E-state index is 12.8. The highest BCUT2D eigenvalue weighted by Crippen LogP contribution is 2.25. The largest absolute Gasteiger partial charge is 0.351 e. The number of carbonyl (C=O) groups is 2. The van der Waals surface area contributed by atoms with Gasteiger partial charge in [0.25, 0.3) is 0 Å². The van der Waals surface area contributed by atoms with Crippen molar-refractivity contribution in [3.05, 3.63) is 64.7 Å². The van der Waals surface area contributed by atoms with Gasteiger partial charge >= 0.3 is 0 Å². The lowest BCUT2D eigenvalue weighted by atomic mass is 9.90. The minimum atomic E-state index is -1.17. The molecule has 2 aromatic rings. The molecule has 0 fully saturated rings. The van der Waals surface area contributed by atoms with Crippen LogP contribution < -0.4 is 10.6 Å². The van der Waals surface area contributed by atoms with E-state index in [1.807, 2.05) is 63.2 Å². The summed E-state index contributed by atoms with van der Waals surface area (Å²) in [6, 6.07) is 13.9. The number of para-hydroxylation sites is 1. The third-order valence-corrected chi connectivity index (χ3v) is 4.65. The molecule has 0 aliphatic carbocycles. The molecule has 0 aliphatic heterocycles. The van der Waals surface area contributed by atoms with Gasteiger partial charge in [0.2, 0.25) is 11.8 Å². The summed E-state index contributed by atoms with van der Waals surface area (Å²) in [5.41, 5.74) is 3.85. The van der Waals surface area contributed by atoms with Crippen molar-refractivity contribution in [2.45, 2.75) is 47.6 Å². The molecular formula is C22H28N2O2. The highest BCUT2D eigenvalue weighted by atomic mass is 16.2. The molecule has 138 valence electrons. The van der Waals surface area contributed by atoms with Crippen LogP contribution in [0.3, 0.4) is 0 Å². The van der Waals surface area contributed by atoms with Gasteiger partial charge in [-0.15, -0.1) is 0 Å². The highest BCUT2D eigenvalue weighted by molar-refractivity contribution is 6.10. The first-order chi connectivity index (χ1) is 12.3. The second-order valence-corrected chi connectivity index (χ2v) is 7.21. The molecule has 4 heteroatoms. The maximum Gasteiger partial charge on any atom is 0.239 e. The van der Waals surface area contributed by atoms with Gasteiger partial charge in [-0.1, -0.05) is 55.0 Å². The van der Waals surface area contributed by atoms with E-state index in [4.69, 9.17) is 0 Å². The summed E-state index contributed by atoms with van der Waals surface area (Å²) in [6.45, 7) is 9.72. The molecule has 2 amide bonds. The van der Waals surface area contributed by atoms with E-state index < -0.39 is 5.41 Å². The Morgan fingerprint density at radius 2 is 1.69 bits per heavy atom. The van der Waals surface area contributed by atoms with E-state index in [2.05, 4.69) is 10.6 Å². The molecule has 0 spiro atoms. The fraction of sp³-hybridized carbons (Fsp3) is 0.364. The van der Waals surface area contributed by atoms with Crippen molar-refractivity contribution < 1.29 is 9.59 Å². The molecule has 26 heavy (non-hydrogen) atoms. The molecule has 0 saturated heterocycles. The molecule has 2 aromatic carbocycles. The van der Waals surface area contributed by atoms with Crippen molar-refractivity contribution in [3.8, 4) is 0 Å². The van der Waals surface area contributed by atoms with Gasteiger partial charge in [-0.3, -0.25) is 9.59 Å². The predicted octanol–water partition coefficient (Wildman–Crippen LogP) is 4.15. The van der Waals surface area contributed by atoms with Gasteiger partial charge in [0.1, 0.15) is 5.41 Å². The first-order valence-electron chi connectivity index (χ1n) is 8.99. The maximum absolute atomic E-state index is 12.8.